The number of carboxylic acids is 1. The highest BCUT2D eigenvalue weighted by Gasteiger charge is 2.62. The summed E-state index contributed by atoms with van der Waals surface area (Å²) in [6.45, 7) is 4.03. The summed E-state index contributed by atoms with van der Waals surface area (Å²) in [4.78, 5) is 24.6. The number of hydrogen-bond donors (Lipinski definition) is 3. The van der Waals surface area contributed by atoms with Gasteiger partial charge in [-0.05, 0) is 68.1 Å². The molecule has 1 unspecified atom stereocenters. The average molecular weight is 308 g/mol. The average Bonchev–Trinajstić information content (AvgIpc) is 2.40. The summed E-state index contributed by atoms with van der Waals surface area (Å²) >= 11 is 0. The van der Waals surface area contributed by atoms with Crippen molar-refractivity contribution in [2.45, 2.75) is 64.0 Å². The predicted octanol–water partition coefficient (Wildman–Crippen LogP) is 1.76. The zero-order valence-electron chi connectivity index (χ0n) is 13.5. The fourth-order valence-corrected chi connectivity index (χ4v) is 5.45. The third-order valence-electron chi connectivity index (χ3n) is 6.17. The second kappa shape index (κ2) is 5.52. The van der Waals surface area contributed by atoms with Crippen molar-refractivity contribution >= 4 is 11.9 Å². The largest absolute Gasteiger partial charge is 0.479 e. The lowest BCUT2D eigenvalue weighted by atomic mass is 9.48. The fraction of sp³-hybridized carbons (Fsp3) is 0.882. The third kappa shape index (κ3) is 2.43. The summed E-state index contributed by atoms with van der Waals surface area (Å²) in [6.07, 6.45) is 5.61. The van der Waals surface area contributed by atoms with Gasteiger partial charge in [0, 0.05) is 0 Å². The van der Waals surface area contributed by atoms with Crippen molar-refractivity contribution < 1.29 is 14.7 Å². The summed E-state index contributed by atoms with van der Waals surface area (Å²) < 4.78 is 0. The molecular formula is C17H28N2O3. The molecule has 1 atom stereocenters. The van der Waals surface area contributed by atoms with Crippen LogP contribution in [0.5, 0.6) is 0 Å². The van der Waals surface area contributed by atoms with E-state index in [2.05, 4.69) is 5.32 Å². The molecule has 0 aromatic carbocycles. The normalized spacial score (nSPS) is 40.7. The Morgan fingerprint density at radius 3 is 2.05 bits per heavy atom. The first-order valence-electron chi connectivity index (χ1n) is 8.63. The summed E-state index contributed by atoms with van der Waals surface area (Å²) in [5.41, 5.74) is 4.91. The van der Waals surface area contributed by atoms with E-state index in [1.807, 2.05) is 13.8 Å². The summed E-state index contributed by atoms with van der Waals surface area (Å²) in [6, 6.07) is -0.617. The number of nitrogens with two attached hydrogens (primary N) is 1. The Morgan fingerprint density at radius 1 is 1.14 bits per heavy atom. The quantitative estimate of drug-likeness (QED) is 0.721. The SMILES string of the molecule is CC(C)CC(N)C(=O)NC1(C(=O)O)C2CC3CC(C2)CC1C3. The second-order valence-electron chi connectivity index (χ2n) is 8.20. The molecule has 22 heavy (non-hydrogen) atoms. The maximum absolute atomic E-state index is 12.5. The Morgan fingerprint density at radius 2 is 1.64 bits per heavy atom. The van der Waals surface area contributed by atoms with E-state index in [-0.39, 0.29) is 17.7 Å². The van der Waals surface area contributed by atoms with Crippen LogP contribution in [0.15, 0.2) is 0 Å². The number of carbonyl (C=O) groups excluding carboxylic acids is 1. The van der Waals surface area contributed by atoms with Gasteiger partial charge in [-0.3, -0.25) is 4.79 Å². The minimum atomic E-state index is -1.07. The molecule has 4 aliphatic carbocycles. The third-order valence-corrected chi connectivity index (χ3v) is 6.17. The maximum Gasteiger partial charge on any atom is 0.330 e. The van der Waals surface area contributed by atoms with Gasteiger partial charge in [-0.25, -0.2) is 4.79 Å². The smallest absolute Gasteiger partial charge is 0.330 e. The van der Waals surface area contributed by atoms with Crippen molar-refractivity contribution in [3.63, 3.8) is 0 Å². The minimum Gasteiger partial charge on any atom is -0.479 e. The van der Waals surface area contributed by atoms with Gasteiger partial charge in [0.1, 0.15) is 5.54 Å². The van der Waals surface area contributed by atoms with Crippen molar-refractivity contribution in [3.8, 4) is 0 Å². The van der Waals surface area contributed by atoms with Crippen LogP contribution in [0, 0.1) is 29.6 Å². The van der Waals surface area contributed by atoms with E-state index in [4.69, 9.17) is 5.73 Å². The molecule has 0 aromatic rings. The van der Waals surface area contributed by atoms with Gasteiger partial charge in [-0.15, -0.1) is 0 Å². The first-order valence-corrected chi connectivity index (χ1v) is 8.63. The number of rotatable bonds is 5. The molecule has 1 amide bonds. The number of carboxylic acid groups (broad SMARTS) is 1. The summed E-state index contributed by atoms with van der Waals surface area (Å²) in [7, 11) is 0. The Bertz CT molecular complexity index is 447. The van der Waals surface area contributed by atoms with E-state index in [9.17, 15) is 14.7 Å². The summed E-state index contributed by atoms with van der Waals surface area (Å²) in [5.74, 6) is 0.662. The van der Waals surface area contributed by atoms with Gasteiger partial charge in [-0.2, -0.15) is 0 Å². The molecule has 0 aliphatic heterocycles. The Hall–Kier alpha value is -1.10. The highest BCUT2D eigenvalue weighted by atomic mass is 16.4. The van der Waals surface area contributed by atoms with Gasteiger partial charge in [0.2, 0.25) is 5.91 Å². The van der Waals surface area contributed by atoms with Gasteiger partial charge in [0.25, 0.3) is 0 Å². The van der Waals surface area contributed by atoms with E-state index >= 15 is 0 Å². The van der Waals surface area contributed by atoms with Crippen LogP contribution in [0.4, 0.5) is 0 Å². The minimum absolute atomic E-state index is 0.0800. The molecule has 5 nitrogen and oxygen atoms in total. The fourth-order valence-electron chi connectivity index (χ4n) is 5.45. The summed E-state index contributed by atoms with van der Waals surface area (Å²) in [5, 5.41) is 12.9. The van der Waals surface area contributed by atoms with Crippen LogP contribution in [0.2, 0.25) is 0 Å². The van der Waals surface area contributed by atoms with Crippen molar-refractivity contribution in [1.29, 1.82) is 0 Å². The molecule has 4 N–H and O–H groups in total. The highest BCUT2D eigenvalue weighted by molar-refractivity contribution is 5.90. The van der Waals surface area contributed by atoms with Crippen LogP contribution < -0.4 is 11.1 Å². The predicted molar refractivity (Wildman–Crippen MR) is 83.0 cm³/mol. The number of amides is 1. The van der Waals surface area contributed by atoms with E-state index in [1.54, 1.807) is 0 Å². The van der Waals surface area contributed by atoms with E-state index in [0.29, 0.717) is 24.2 Å². The van der Waals surface area contributed by atoms with Crippen molar-refractivity contribution in [1.82, 2.24) is 5.32 Å². The lowest BCUT2D eigenvalue weighted by molar-refractivity contribution is -0.168. The van der Waals surface area contributed by atoms with E-state index < -0.39 is 17.6 Å². The molecular weight excluding hydrogens is 280 g/mol. The first-order chi connectivity index (χ1) is 10.3. The van der Waals surface area contributed by atoms with Crippen molar-refractivity contribution in [3.05, 3.63) is 0 Å². The molecule has 0 heterocycles. The maximum atomic E-state index is 12.5. The van der Waals surface area contributed by atoms with E-state index in [0.717, 1.165) is 25.7 Å². The van der Waals surface area contributed by atoms with Crippen LogP contribution >= 0.6 is 0 Å². The molecule has 4 fully saturated rings. The number of hydrogen-bond acceptors (Lipinski definition) is 3. The molecule has 0 radical (unpaired) electrons. The first kappa shape index (κ1) is 15.8. The zero-order valence-corrected chi connectivity index (χ0v) is 13.5. The Labute approximate surface area is 132 Å². The molecule has 124 valence electrons. The molecule has 0 spiro atoms. The molecule has 4 saturated carbocycles. The lowest BCUT2D eigenvalue weighted by Crippen LogP contribution is -2.71. The Balaban J connectivity index is 1.81. The number of nitrogens with one attached hydrogen (secondary N) is 1. The molecule has 5 heteroatoms. The molecule has 4 rings (SSSR count). The van der Waals surface area contributed by atoms with Crippen molar-refractivity contribution in [2.24, 2.45) is 35.3 Å². The van der Waals surface area contributed by atoms with Crippen LogP contribution in [0.3, 0.4) is 0 Å². The lowest BCUT2D eigenvalue weighted by Gasteiger charge is -2.59. The van der Waals surface area contributed by atoms with Gasteiger partial charge < -0.3 is 16.2 Å². The van der Waals surface area contributed by atoms with Gasteiger partial charge in [0.15, 0.2) is 0 Å². The van der Waals surface area contributed by atoms with Crippen LogP contribution in [0.25, 0.3) is 0 Å². The van der Waals surface area contributed by atoms with Crippen LogP contribution in [0.1, 0.15) is 52.4 Å². The molecule has 4 aliphatic rings. The van der Waals surface area contributed by atoms with Gasteiger partial charge in [0.05, 0.1) is 6.04 Å². The molecule has 4 bridgehead atoms. The Kier molecular flexibility index (Phi) is 3.96. The molecule has 0 saturated heterocycles. The van der Waals surface area contributed by atoms with Crippen LogP contribution in [-0.2, 0) is 9.59 Å². The van der Waals surface area contributed by atoms with Gasteiger partial charge in [-0.1, -0.05) is 13.8 Å². The van der Waals surface area contributed by atoms with Gasteiger partial charge >= 0.3 is 5.97 Å². The molecule has 0 aromatic heterocycles. The number of aliphatic carboxylic acids is 1. The zero-order chi connectivity index (χ0) is 16.1. The standard InChI is InChI=1S/C17H28N2O3/c1-9(2)3-14(18)15(20)19-17(16(21)22)12-5-10-4-11(7-12)8-13(17)6-10/h9-14H,3-8,18H2,1-2H3,(H,19,20)(H,21,22). The van der Waals surface area contributed by atoms with E-state index in [1.165, 1.54) is 6.42 Å². The van der Waals surface area contributed by atoms with Crippen molar-refractivity contribution in [2.75, 3.05) is 0 Å². The highest BCUT2D eigenvalue weighted by Crippen LogP contribution is 2.58. The monoisotopic (exact) mass is 308 g/mol. The number of carbonyl (C=O) groups is 2. The topological polar surface area (TPSA) is 92.4 Å². The second-order valence-corrected chi connectivity index (χ2v) is 8.20. The van der Waals surface area contributed by atoms with Crippen LogP contribution in [-0.4, -0.2) is 28.6 Å².